The third-order valence-corrected chi connectivity index (χ3v) is 2.71. The lowest BCUT2D eigenvalue weighted by molar-refractivity contribution is -0.118. The molecule has 0 aliphatic heterocycles. The van der Waals surface area contributed by atoms with Gasteiger partial charge in [0, 0.05) is 0 Å². The molecule has 0 bridgehead atoms. The van der Waals surface area contributed by atoms with Gasteiger partial charge >= 0.3 is 0 Å². The molecule has 0 saturated heterocycles. The minimum Gasteiger partial charge on any atom is -0.484 e. The monoisotopic (exact) mass is 267 g/mol. The Balaban J connectivity index is 1.83. The third-order valence-electron chi connectivity index (χ3n) is 1.96. The molecule has 0 aliphatic carbocycles. The Hall–Kier alpha value is -2.02. The molecule has 1 aromatic heterocycles. The van der Waals surface area contributed by atoms with Crippen LogP contribution in [0.25, 0.3) is 0 Å². The lowest BCUT2D eigenvalue weighted by atomic mass is 10.3. The molecule has 1 N–H and O–H groups in total. The van der Waals surface area contributed by atoms with E-state index in [0.29, 0.717) is 10.9 Å². The van der Waals surface area contributed by atoms with Crippen molar-refractivity contribution in [1.29, 1.82) is 0 Å². The molecule has 0 fully saturated rings. The SMILES string of the molecule is Cc1nnc(NC(=O)COc2ccc(F)cc2)s1. The molecule has 1 heterocycles. The summed E-state index contributed by atoms with van der Waals surface area (Å²) in [7, 11) is 0. The number of halogens is 1. The third kappa shape index (κ3) is 3.49. The van der Waals surface area contributed by atoms with Gasteiger partial charge in [0.1, 0.15) is 16.6 Å². The lowest BCUT2D eigenvalue weighted by Gasteiger charge is -2.05. The number of ether oxygens (including phenoxy) is 1. The average molecular weight is 267 g/mol. The fourth-order valence-electron chi connectivity index (χ4n) is 1.18. The minimum atomic E-state index is -0.351. The first-order chi connectivity index (χ1) is 8.63. The molecular formula is C11H10FN3O2S. The maximum Gasteiger partial charge on any atom is 0.264 e. The number of hydrogen-bond acceptors (Lipinski definition) is 5. The van der Waals surface area contributed by atoms with Gasteiger partial charge < -0.3 is 4.74 Å². The van der Waals surface area contributed by atoms with E-state index < -0.39 is 0 Å². The van der Waals surface area contributed by atoms with E-state index in [1.54, 1.807) is 6.92 Å². The maximum absolute atomic E-state index is 12.6. The number of carbonyl (C=O) groups is 1. The van der Waals surface area contributed by atoms with Crippen molar-refractivity contribution < 1.29 is 13.9 Å². The van der Waals surface area contributed by atoms with Crippen LogP contribution in [0.5, 0.6) is 5.75 Å². The number of nitrogens with one attached hydrogen (secondary N) is 1. The Labute approximate surface area is 107 Å². The summed E-state index contributed by atoms with van der Waals surface area (Å²) in [5.41, 5.74) is 0. The molecule has 2 aromatic rings. The van der Waals surface area contributed by atoms with Crippen molar-refractivity contribution in [2.24, 2.45) is 0 Å². The van der Waals surface area contributed by atoms with Crippen LogP contribution < -0.4 is 10.1 Å². The van der Waals surface area contributed by atoms with Crippen LogP contribution in [0.15, 0.2) is 24.3 Å². The number of rotatable bonds is 4. The van der Waals surface area contributed by atoms with Crippen LogP contribution in [-0.4, -0.2) is 22.7 Å². The summed E-state index contributed by atoms with van der Waals surface area (Å²) in [6.07, 6.45) is 0. The largest absolute Gasteiger partial charge is 0.484 e. The van der Waals surface area contributed by atoms with E-state index in [0.717, 1.165) is 5.01 Å². The van der Waals surface area contributed by atoms with Gasteiger partial charge in [-0.3, -0.25) is 10.1 Å². The number of aryl methyl sites for hydroxylation is 1. The van der Waals surface area contributed by atoms with Gasteiger partial charge in [0.15, 0.2) is 6.61 Å². The molecule has 0 atom stereocenters. The standard InChI is InChI=1S/C11H10FN3O2S/c1-7-14-15-11(18-7)13-10(16)6-17-9-4-2-8(12)3-5-9/h2-5H,6H2,1H3,(H,13,15,16). The molecule has 0 unspecified atom stereocenters. The fraction of sp³-hybridized carbons (Fsp3) is 0.182. The summed E-state index contributed by atoms with van der Waals surface area (Å²) in [4.78, 5) is 11.5. The van der Waals surface area contributed by atoms with Crippen molar-refractivity contribution in [3.05, 3.63) is 35.1 Å². The van der Waals surface area contributed by atoms with E-state index >= 15 is 0 Å². The average Bonchev–Trinajstić information content (AvgIpc) is 2.74. The second kappa shape index (κ2) is 5.54. The summed E-state index contributed by atoms with van der Waals surface area (Å²) >= 11 is 1.28. The minimum absolute atomic E-state index is 0.162. The Morgan fingerprint density at radius 1 is 1.39 bits per heavy atom. The van der Waals surface area contributed by atoms with Gasteiger partial charge in [0.05, 0.1) is 0 Å². The van der Waals surface area contributed by atoms with Gasteiger partial charge in [0.2, 0.25) is 5.13 Å². The normalized spacial score (nSPS) is 10.1. The molecule has 1 aromatic carbocycles. The molecule has 1 amide bonds. The predicted molar refractivity (Wildman–Crippen MR) is 65.2 cm³/mol. The Morgan fingerprint density at radius 2 is 2.11 bits per heavy atom. The molecule has 2 rings (SSSR count). The molecule has 94 valence electrons. The number of nitrogens with zero attached hydrogens (tertiary/aromatic N) is 2. The Kier molecular flexibility index (Phi) is 3.83. The molecule has 0 aliphatic rings. The second-order valence-corrected chi connectivity index (χ2v) is 4.60. The Morgan fingerprint density at radius 3 is 2.72 bits per heavy atom. The highest BCUT2D eigenvalue weighted by Crippen LogP contribution is 2.14. The highest BCUT2D eigenvalue weighted by atomic mass is 32.1. The van der Waals surface area contributed by atoms with Gasteiger partial charge in [-0.25, -0.2) is 4.39 Å². The quantitative estimate of drug-likeness (QED) is 0.920. The molecule has 7 heteroatoms. The van der Waals surface area contributed by atoms with Crippen molar-refractivity contribution in [2.75, 3.05) is 11.9 Å². The fourth-order valence-corrected chi connectivity index (χ4v) is 1.79. The molecule has 0 saturated carbocycles. The van der Waals surface area contributed by atoms with Crippen LogP contribution >= 0.6 is 11.3 Å². The summed E-state index contributed by atoms with van der Waals surface area (Å²) in [5.74, 6) is -0.258. The number of benzene rings is 1. The van der Waals surface area contributed by atoms with E-state index in [-0.39, 0.29) is 18.3 Å². The van der Waals surface area contributed by atoms with Crippen molar-refractivity contribution >= 4 is 22.4 Å². The van der Waals surface area contributed by atoms with Gasteiger partial charge in [-0.15, -0.1) is 10.2 Å². The first kappa shape index (κ1) is 12.4. The van der Waals surface area contributed by atoms with Crippen molar-refractivity contribution in [3.63, 3.8) is 0 Å². The van der Waals surface area contributed by atoms with Gasteiger partial charge in [-0.2, -0.15) is 0 Å². The molecule has 18 heavy (non-hydrogen) atoms. The molecular weight excluding hydrogens is 257 g/mol. The van der Waals surface area contributed by atoms with E-state index in [2.05, 4.69) is 15.5 Å². The van der Waals surface area contributed by atoms with Crippen molar-refractivity contribution in [1.82, 2.24) is 10.2 Å². The van der Waals surface area contributed by atoms with Gasteiger partial charge in [-0.05, 0) is 31.2 Å². The van der Waals surface area contributed by atoms with E-state index in [4.69, 9.17) is 4.74 Å². The van der Waals surface area contributed by atoms with Crippen LogP contribution in [0.3, 0.4) is 0 Å². The Bertz CT molecular complexity index is 541. The highest BCUT2D eigenvalue weighted by molar-refractivity contribution is 7.15. The first-order valence-corrected chi connectivity index (χ1v) is 5.93. The number of amides is 1. The number of aromatic nitrogens is 2. The van der Waals surface area contributed by atoms with E-state index in [1.165, 1.54) is 35.6 Å². The zero-order valence-electron chi connectivity index (χ0n) is 9.51. The summed E-state index contributed by atoms with van der Waals surface area (Å²) < 4.78 is 17.8. The zero-order chi connectivity index (χ0) is 13.0. The molecule has 0 spiro atoms. The first-order valence-electron chi connectivity index (χ1n) is 5.12. The topological polar surface area (TPSA) is 64.1 Å². The predicted octanol–water partition coefficient (Wildman–Crippen LogP) is 2.00. The van der Waals surface area contributed by atoms with Crippen LogP contribution in [0, 0.1) is 12.7 Å². The summed E-state index contributed by atoms with van der Waals surface area (Å²) in [5, 5.41) is 11.3. The zero-order valence-corrected chi connectivity index (χ0v) is 10.3. The van der Waals surface area contributed by atoms with Gasteiger partial charge in [0.25, 0.3) is 5.91 Å². The van der Waals surface area contributed by atoms with Crippen molar-refractivity contribution in [2.45, 2.75) is 6.92 Å². The van der Waals surface area contributed by atoms with Crippen LogP contribution in [0.4, 0.5) is 9.52 Å². The van der Waals surface area contributed by atoms with E-state index in [9.17, 15) is 9.18 Å². The molecule has 5 nitrogen and oxygen atoms in total. The van der Waals surface area contributed by atoms with E-state index in [1.807, 2.05) is 0 Å². The summed E-state index contributed by atoms with van der Waals surface area (Å²) in [6, 6.07) is 5.44. The lowest BCUT2D eigenvalue weighted by Crippen LogP contribution is -2.20. The van der Waals surface area contributed by atoms with Crippen LogP contribution in [-0.2, 0) is 4.79 Å². The summed E-state index contributed by atoms with van der Waals surface area (Å²) in [6.45, 7) is 1.63. The van der Waals surface area contributed by atoms with Gasteiger partial charge in [-0.1, -0.05) is 11.3 Å². The number of carbonyl (C=O) groups excluding carboxylic acids is 1. The second-order valence-electron chi connectivity index (χ2n) is 3.42. The number of anilines is 1. The maximum atomic E-state index is 12.6. The molecule has 0 radical (unpaired) electrons. The van der Waals surface area contributed by atoms with Crippen LogP contribution in [0.2, 0.25) is 0 Å². The van der Waals surface area contributed by atoms with Crippen molar-refractivity contribution in [3.8, 4) is 5.75 Å². The smallest absolute Gasteiger partial charge is 0.264 e. The highest BCUT2D eigenvalue weighted by Gasteiger charge is 2.07. The van der Waals surface area contributed by atoms with Crippen LogP contribution in [0.1, 0.15) is 5.01 Å². The number of hydrogen-bond donors (Lipinski definition) is 1.